The van der Waals surface area contributed by atoms with Crippen molar-refractivity contribution in [1.29, 1.82) is 0 Å². The van der Waals surface area contributed by atoms with Crippen LogP contribution in [0.5, 0.6) is 5.75 Å². The number of rotatable bonds is 4. The topological polar surface area (TPSA) is 44.5 Å². The van der Waals surface area contributed by atoms with Gasteiger partial charge in [-0.05, 0) is 29.2 Å². The molecule has 3 nitrogen and oxygen atoms in total. The van der Waals surface area contributed by atoms with Crippen molar-refractivity contribution < 1.29 is 9.57 Å². The van der Waals surface area contributed by atoms with Crippen molar-refractivity contribution in [3.05, 3.63) is 28.3 Å². The van der Waals surface area contributed by atoms with Crippen LogP contribution in [-0.2, 0) is 11.4 Å². The zero-order valence-corrected chi connectivity index (χ0v) is 9.97. The van der Waals surface area contributed by atoms with Crippen LogP contribution in [0.15, 0.2) is 12.1 Å². The predicted molar refractivity (Wildman–Crippen MR) is 61.1 cm³/mol. The van der Waals surface area contributed by atoms with Gasteiger partial charge in [0.25, 0.3) is 0 Å². The highest BCUT2D eigenvalue weighted by Crippen LogP contribution is 2.31. The van der Waals surface area contributed by atoms with Crippen LogP contribution in [0.3, 0.4) is 0 Å². The van der Waals surface area contributed by atoms with Crippen LogP contribution in [0.1, 0.15) is 30.9 Å². The van der Waals surface area contributed by atoms with Crippen LogP contribution in [-0.4, -0.2) is 7.11 Å². The molecular weight excluding hydrogens is 214 g/mol. The van der Waals surface area contributed by atoms with E-state index in [2.05, 4.69) is 18.7 Å². The van der Waals surface area contributed by atoms with Crippen molar-refractivity contribution in [1.82, 2.24) is 0 Å². The quantitative estimate of drug-likeness (QED) is 0.808. The van der Waals surface area contributed by atoms with Gasteiger partial charge in [0.05, 0.1) is 18.7 Å². The highest BCUT2D eigenvalue weighted by Gasteiger charge is 2.11. The van der Waals surface area contributed by atoms with E-state index in [1.165, 1.54) is 0 Å². The maximum Gasteiger partial charge on any atom is 0.137 e. The molecule has 0 saturated heterocycles. The standard InChI is InChI=1S/C11H16ClNO2/c1-7(2)9-5-11(14-3)10(12)4-8(9)6-15-13/h4-5,7H,6,13H2,1-3H3. The van der Waals surface area contributed by atoms with Gasteiger partial charge in [0, 0.05) is 0 Å². The van der Waals surface area contributed by atoms with E-state index in [0.29, 0.717) is 23.3 Å². The van der Waals surface area contributed by atoms with Crippen LogP contribution < -0.4 is 10.6 Å². The summed E-state index contributed by atoms with van der Waals surface area (Å²) in [5.41, 5.74) is 2.14. The minimum atomic E-state index is 0.358. The van der Waals surface area contributed by atoms with Gasteiger partial charge in [-0.15, -0.1) is 0 Å². The van der Waals surface area contributed by atoms with Gasteiger partial charge in [0.2, 0.25) is 0 Å². The molecule has 1 rings (SSSR count). The molecule has 4 heteroatoms. The normalized spacial score (nSPS) is 10.8. The highest BCUT2D eigenvalue weighted by molar-refractivity contribution is 6.32. The van der Waals surface area contributed by atoms with Crippen molar-refractivity contribution >= 4 is 11.6 Å². The van der Waals surface area contributed by atoms with E-state index in [1.54, 1.807) is 7.11 Å². The molecule has 2 N–H and O–H groups in total. The Bertz CT molecular complexity index is 340. The minimum Gasteiger partial charge on any atom is -0.495 e. The Balaban J connectivity index is 3.19. The van der Waals surface area contributed by atoms with E-state index in [1.807, 2.05) is 12.1 Å². The molecule has 1 aromatic rings. The van der Waals surface area contributed by atoms with Gasteiger partial charge in [-0.3, -0.25) is 4.84 Å². The lowest BCUT2D eigenvalue weighted by atomic mass is 9.97. The molecule has 0 fully saturated rings. The van der Waals surface area contributed by atoms with E-state index < -0.39 is 0 Å². The number of halogens is 1. The molecule has 1 aromatic carbocycles. The lowest BCUT2D eigenvalue weighted by molar-refractivity contribution is 0.123. The Hall–Kier alpha value is -0.770. The number of ether oxygens (including phenoxy) is 1. The number of hydrogen-bond donors (Lipinski definition) is 1. The molecule has 0 saturated carbocycles. The molecule has 84 valence electrons. The van der Waals surface area contributed by atoms with Gasteiger partial charge in [0.15, 0.2) is 0 Å². The van der Waals surface area contributed by atoms with E-state index in [-0.39, 0.29) is 0 Å². The van der Waals surface area contributed by atoms with E-state index in [4.69, 9.17) is 22.2 Å². The molecule has 0 aliphatic heterocycles. The predicted octanol–water partition coefficient (Wildman–Crippen LogP) is 2.86. The maximum atomic E-state index is 6.02. The second-order valence-corrected chi connectivity index (χ2v) is 4.06. The lowest BCUT2D eigenvalue weighted by Gasteiger charge is -2.14. The van der Waals surface area contributed by atoms with E-state index >= 15 is 0 Å². The molecular formula is C11H16ClNO2. The zero-order valence-electron chi connectivity index (χ0n) is 9.21. The molecule has 0 aliphatic rings. The molecule has 0 bridgehead atoms. The molecule has 0 spiro atoms. The largest absolute Gasteiger partial charge is 0.495 e. The van der Waals surface area contributed by atoms with Crippen molar-refractivity contribution in [3.63, 3.8) is 0 Å². The van der Waals surface area contributed by atoms with Crippen molar-refractivity contribution in [2.75, 3.05) is 7.11 Å². The van der Waals surface area contributed by atoms with Gasteiger partial charge < -0.3 is 4.74 Å². The molecule has 0 aliphatic carbocycles. The first-order chi connectivity index (χ1) is 7.10. The summed E-state index contributed by atoms with van der Waals surface area (Å²) in [7, 11) is 1.60. The molecule has 15 heavy (non-hydrogen) atoms. The Kier molecular flexibility index (Phi) is 4.39. The summed E-state index contributed by atoms with van der Waals surface area (Å²) in [5.74, 6) is 6.13. The van der Waals surface area contributed by atoms with Crippen LogP contribution >= 0.6 is 11.6 Å². The zero-order chi connectivity index (χ0) is 11.4. The average molecular weight is 230 g/mol. The number of methoxy groups -OCH3 is 1. The Morgan fingerprint density at radius 3 is 2.53 bits per heavy atom. The molecule has 0 amide bonds. The molecule has 0 unspecified atom stereocenters. The molecule has 0 radical (unpaired) electrons. The summed E-state index contributed by atoms with van der Waals surface area (Å²) in [6, 6.07) is 3.77. The van der Waals surface area contributed by atoms with Crippen LogP contribution in [0.2, 0.25) is 5.02 Å². The maximum absolute atomic E-state index is 6.02. The van der Waals surface area contributed by atoms with E-state index in [9.17, 15) is 0 Å². The highest BCUT2D eigenvalue weighted by atomic mass is 35.5. The summed E-state index contributed by atoms with van der Waals surface area (Å²) >= 11 is 6.02. The Labute approximate surface area is 95.1 Å². The lowest BCUT2D eigenvalue weighted by Crippen LogP contribution is -2.04. The number of benzene rings is 1. The van der Waals surface area contributed by atoms with Gasteiger partial charge >= 0.3 is 0 Å². The molecule has 0 aromatic heterocycles. The summed E-state index contributed by atoms with van der Waals surface area (Å²) in [5, 5.41) is 0.578. The monoisotopic (exact) mass is 229 g/mol. The smallest absolute Gasteiger partial charge is 0.137 e. The fourth-order valence-electron chi connectivity index (χ4n) is 1.52. The first kappa shape index (κ1) is 12.3. The van der Waals surface area contributed by atoms with Gasteiger partial charge in [-0.2, -0.15) is 0 Å². The average Bonchev–Trinajstić information content (AvgIpc) is 2.18. The van der Waals surface area contributed by atoms with Gasteiger partial charge in [0.1, 0.15) is 5.75 Å². The third-order valence-corrected chi connectivity index (χ3v) is 2.57. The summed E-state index contributed by atoms with van der Waals surface area (Å²) in [6.45, 7) is 4.56. The SMILES string of the molecule is COc1cc(C(C)C)c(CON)cc1Cl. The van der Waals surface area contributed by atoms with Crippen molar-refractivity contribution in [2.24, 2.45) is 5.90 Å². The first-order valence-corrected chi connectivity index (χ1v) is 5.16. The van der Waals surface area contributed by atoms with Crippen molar-refractivity contribution in [3.8, 4) is 5.75 Å². The Morgan fingerprint density at radius 1 is 1.40 bits per heavy atom. The van der Waals surface area contributed by atoms with Gasteiger partial charge in [-0.25, -0.2) is 5.90 Å². The summed E-state index contributed by atoms with van der Waals surface area (Å²) in [6.07, 6.45) is 0. The van der Waals surface area contributed by atoms with Crippen LogP contribution in [0, 0.1) is 0 Å². The molecule has 0 heterocycles. The third kappa shape index (κ3) is 2.84. The number of nitrogens with two attached hydrogens (primary N) is 1. The Morgan fingerprint density at radius 2 is 2.07 bits per heavy atom. The second-order valence-electron chi connectivity index (χ2n) is 3.65. The van der Waals surface area contributed by atoms with Crippen LogP contribution in [0.4, 0.5) is 0 Å². The van der Waals surface area contributed by atoms with E-state index in [0.717, 1.165) is 11.1 Å². The van der Waals surface area contributed by atoms with Crippen molar-refractivity contribution in [2.45, 2.75) is 26.4 Å². The fraction of sp³-hybridized carbons (Fsp3) is 0.455. The summed E-state index contributed by atoms with van der Waals surface area (Å²) in [4.78, 5) is 4.65. The minimum absolute atomic E-state index is 0.358. The molecule has 0 atom stereocenters. The van der Waals surface area contributed by atoms with Gasteiger partial charge in [-0.1, -0.05) is 25.4 Å². The first-order valence-electron chi connectivity index (χ1n) is 4.78. The third-order valence-electron chi connectivity index (χ3n) is 2.27. The summed E-state index contributed by atoms with van der Waals surface area (Å²) < 4.78 is 5.16. The fourth-order valence-corrected chi connectivity index (χ4v) is 1.78. The second kappa shape index (κ2) is 5.35. The number of hydrogen-bond acceptors (Lipinski definition) is 3. The van der Waals surface area contributed by atoms with Crippen LogP contribution in [0.25, 0.3) is 0 Å².